The molecule has 2 N–H and O–H groups in total. The number of rotatable bonds is 3. The number of hydrogen-bond acceptors (Lipinski definition) is 6. The minimum absolute atomic E-state index is 0. The van der Waals surface area contributed by atoms with E-state index in [9.17, 15) is 0 Å². The lowest BCUT2D eigenvalue weighted by molar-refractivity contribution is 0.372. The third-order valence-electron chi connectivity index (χ3n) is 4.11. The van der Waals surface area contributed by atoms with Gasteiger partial charge in [-0.05, 0) is 12.8 Å². The van der Waals surface area contributed by atoms with Gasteiger partial charge in [0.05, 0.1) is 5.54 Å². The third kappa shape index (κ3) is 3.02. The fourth-order valence-electron chi connectivity index (χ4n) is 2.84. The van der Waals surface area contributed by atoms with Crippen LogP contribution in [0.2, 0.25) is 0 Å². The van der Waals surface area contributed by atoms with Crippen LogP contribution in [0, 0.1) is 0 Å². The van der Waals surface area contributed by atoms with Gasteiger partial charge in [0.15, 0.2) is 5.82 Å². The van der Waals surface area contributed by atoms with E-state index in [0.717, 1.165) is 36.3 Å². The second kappa shape index (κ2) is 6.39. The van der Waals surface area contributed by atoms with Crippen molar-refractivity contribution >= 4 is 23.7 Å². The van der Waals surface area contributed by atoms with E-state index >= 15 is 0 Å². The Morgan fingerprint density at radius 3 is 2.57 bits per heavy atom. The highest BCUT2D eigenvalue weighted by Crippen LogP contribution is 2.36. The van der Waals surface area contributed by atoms with Gasteiger partial charge in [0.1, 0.15) is 10.7 Å². The fraction of sp³-hybridized carbons (Fsp3) is 0.312. The van der Waals surface area contributed by atoms with E-state index in [1.807, 2.05) is 35.7 Å². The van der Waals surface area contributed by atoms with Gasteiger partial charge in [-0.3, -0.25) is 0 Å². The fourth-order valence-corrected chi connectivity index (χ4v) is 3.64. The smallest absolute Gasteiger partial charge is 0.277 e. The quantitative estimate of drug-likeness (QED) is 0.773. The number of nitrogens with zero attached hydrogens (tertiary/aromatic N) is 3. The Balaban J connectivity index is 0.00000156. The molecule has 5 nitrogen and oxygen atoms in total. The Morgan fingerprint density at radius 1 is 1.09 bits per heavy atom. The molecule has 2 heterocycles. The average Bonchev–Trinajstić information content (AvgIpc) is 3.28. The van der Waals surface area contributed by atoms with Crippen LogP contribution < -0.4 is 5.73 Å². The number of aromatic nitrogens is 3. The van der Waals surface area contributed by atoms with Crippen LogP contribution in [-0.4, -0.2) is 15.1 Å². The van der Waals surface area contributed by atoms with Crippen LogP contribution in [-0.2, 0) is 5.54 Å². The van der Waals surface area contributed by atoms with Crippen LogP contribution in [0.3, 0.4) is 0 Å². The van der Waals surface area contributed by atoms with Crippen LogP contribution in [0.25, 0.3) is 22.2 Å². The molecular formula is C16H17ClN4OS. The van der Waals surface area contributed by atoms with E-state index in [4.69, 9.17) is 10.3 Å². The SMILES string of the molecule is Cl.NC1(c2noc(-c3csc(-c4ccccc4)n3)n2)CCCC1. The monoisotopic (exact) mass is 348 g/mol. The molecule has 7 heteroatoms. The number of nitrogens with two attached hydrogens (primary N) is 1. The van der Waals surface area contributed by atoms with E-state index in [-0.39, 0.29) is 12.4 Å². The van der Waals surface area contributed by atoms with Gasteiger partial charge in [-0.25, -0.2) is 4.98 Å². The molecule has 23 heavy (non-hydrogen) atoms. The normalized spacial score (nSPS) is 16.2. The zero-order valence-corrected chi connectivity index (χ0v) is 14.1. The van der Waals surface area contributed by atoms with Crippen LogP contribution in [0.4, 0.5) is 0 Å². The molecule has 4 rings (SSSR count). The first kappa shape index (κ1) is 16.1. The van der Waals surface area contributed by atoms with Crippen molar-refractivity contribution in [1.82, 2.24) is 15.1 Å². The third-order valence-corrected chi connectivity index (χ3v) is 5.00. The maximum Gasteiger partial charge on any atom is 0.277 e. The minimum atomic E-state index is -0.431. The summed E-state index contributed by atoms with van der Waals surface area (Å²) in [5.41, 5.74) is 7.73. The Hall–Kier alpha value is -1.76. The lowest BCUT2D eigenvalue weighted by atomic mass is 9.99. The molecule has 1 aliphatic carbocycles. The summed E-state index contributed by atoms with van der Waals surface area (Å²) in [5.74, 6) is 1.06. The van der Waals surface area contributed by atoms with Gasteiger partial charge >= 0.3 is 0 Å². The molecule has 2 aromatic heterocycles. The molecular weight excluding hydrogens is 332 g/mol. The predicted molar refractivity (Wildman–Crippen MR) is 92.4 cm³/mol. The minimum Gasteiger partial charge on any atom is -0.332 e. The van der Waals surface area contributed by atoms with E-state index in [1.54, 1.807) is 11.3 Å². The van der Waals surface area contributed by atoms with E-state index in [1.165, 1.54) is 0 Å². The Morgan fingerprint density at radius 2 is 1.83 bits per heavy atom. The first-order valence-electron chi connectivity index (χ1n) is 7.39. The first-order valence-corrected chi connectivity index (χ1v) is 8.27. The second-order valence-electron chi connectivity index (χ2n) is 5.69. The molecule has 120 valence electrons. The van der Waals surface area contributed by atoms with Crippen molar-refractivity contribution in [2.24, 2.45) is 5.73 Å². The molecule has 1 saturated carbocycles. The largest absolute Gasteiger partial charge is 0.332 e. The van der Waals surface area contributed by atoms with Crippen molar-refractivity contribution in [3.8, 4) is 22.2 Å². The number of hydrogen-bond donors (Lipinski definition) is 1. The molecule has 0 amide bonds. The maximum absolute atomic E-state index is 6.37. The summed E-state index contributed by atoms with van der Waals surface area (Å²) < 4.78 is 5.38. The number of benzene rings is 1. The van der Waals surface area contributed by atoms with Crippen molar-refractivity contribution in [3.63, 3.8) is 0 Å². The highest BCUT2D eigenvalue weighted by Gasteiger charge is 2.36. The lowest BCUT2D eigenvalue weighted by Gasteiger charge is -2.17. The summed E-state index contributed by atoms with van der Waals surface area (Å²) in [6, 6.07) is 10.1. The van der Waals surface area contributed by atoms with Gasteiger partial charge in [0.25, 0.3) is 5.89 Å². The molecule has 0 aliphatic heterocycles. The van der Waals surface area contributed by atoms with Crippen molar-refractivity contribution in [3.05, 3.63) is 41.5 Å². The summed E-state index contributed by atoms with van der Waals surface area (Å²) >= 11 is 1.57. The highest BCUT2D eigenvalue weighted by molar-refractivity contribution is 7.13. The van der Waals surface area contributed by atoms with Crippen LogP contribution in [0.5, 0.6) is 0 Å². The number of halogens is 1. The molecule has 0 spiro atoms. The molecule has 0 saturated heterocycles. The average molecular weight is 349 g/mol. The molecule has 0 unspecified atom stereocenters. The molecule has 1 fully saturated rings. The van der Waals surface area contributed by atoms with Crippen molar-refractivity contribution < 1.29 is 4.52 Å². The molecule has 1 aromatic carbocycles. The van der Waals surface area contributed by atoms with Crippen molar-refractivity contribution in [2.75, 3.05) is 0 Å². The molecule has 0 bridgehead atoms. The van der Waals surface area contributed by atoms with E-state index in [0.29, 0.717) is 17.4 Å². The first-order chi connectivity index (χ1) is 10.7. The summed E-state index contributed by atoms with van der Waals surface area (Å²) in [7, 11) is 0. The Labute approximate surface area is 144 Å². The van der Waals surface area contributed by atoms with Crippen LogP contribution in [0.15, 0.2) is 40.2 Å². The zero-order chi connectivity index (χ0) is 15.0. The van der Waals surface area contributed by atoms with E-state index < -0.39 is 5.54 Å². The highest BCUT2D eigenvalue weighted by atomic mass is 35.5. The van der Waals surface area contributed by atoms with Gasteiger partial charge in [0.2, 0.25) is 0 Å². The van der Waals surface area contributed by atoms with E-state index in [2.05, 4.69) is 15.1 Å². The van der Waals surface area contributed by atoms with Gasteiger partial charge in [-0.15, -0.1) is 23.7 Å². The van der Waals surface area contributed by atoms with Gasteiger partial charge in [-0.2, -0.15) is 4.98 Å². The van der Waals surface area contributed by atoms with Crippen molar-refractivity contribution in [2.45, 2.75) is 31.2 Å². The van der Waals surface area contributed by atoms with Gasteiger partial charge in [-0.1, -0.05) is 48.3 Å². The molecule has 3 aromatic rings. The standard InChI is InChI=1S/C16H16N4OS.ClH/c17-16(8-4-5-9-16)15-19-13(21-20-15)12-10-22-14(18-12)11-6-2-1-3-7-11;/h1-3,6-7,10H,4-5,8-9,17H2;1H. The van der Waals surface area contributed by atoms with Crippen LogP contribution >= 0.6 is 23.7 Å². The topological polar surface area (TPSA) is 77.8 Å². The van der Waals surface area contributed by atoms with Crippen LogP contribution in [0.1, 0.15) is 31.5 Å². The van der Waals surface area contributed by atoms with Gasteiger partial charge < -0.3 is 10.3 Å². The zero-order valence-electron chi connectivity index (χ0n) is 12.4. The maximum atomic E-state index is 6.37. The lowest BCUT2D eigenvalue weighted by Crippen LogP contribution is -2.34. The predicted octanol–water partition coefficient (Wildman–Crippen LogP) is 4.01. The summed E-state index contributed by atoms with van der Waals surface area (Å²) in [6.07, 6.45) is 4.07. The molecule has 0 radical (unpaired) electrons. The summed E-state index contributed by atoms with van der Waals surface area (Å²) in [6.45, 7) is 0. The second-order valence-corrected chi connectivity index (χ2v) is 6.55. The Bertz CT molecular complexity index is 780. The van der Waals surface area contributed by atoms with Gasteiger partial charge in [0, 0.05) is 10.9 Å². The Kier molecular flexibility index (Phi) is 4.48. The summed E-state index contributed by atoms with van der Waals surface area (Å²) in [4.78, 5) is 9.08. The molecule has 1 aliphatic rings. The number of thiazole rings is 1. The summed E-state index contributed by atoms with van der Waals surface area (Å²) in [5, 5.41) is 6.97. The van der Waals surface area contributed by atoms with Crippen molar-refractivity contribution in [1.29, 1.82) is 0 Å². The molecule has 0 atom stereocenters.